The van der Waals surface area contributed by atoms with E-state index in [-0.39, 0.29) is 6.54 Å². The quantitative estimate of drug-likeness (QED) is 0.497. The molecule has 110 valence electrons. The van der Waals surface area contributed by atoms with Crippen LogP contribution >= 0.6 is 0 Å². The summed E-state index contributed by atoms with van der Waals surface area (Å²) in [6, 6.07) is 0. The molecule has 8 nitrogen and oxygen atoms in total. The number of carbonyl (C=O) groups excluding carboxylic acids is 1. The number of nitrogens with zero attached hydrogens (tertiary/aromatic N) is 3. The molecular weight excluding hydrogens is 266 g/mol. The molecule has 0 bridgehead atoms. The third-order valence-electron chi connectivity index (χ3n) is 2.90. The average molecular weight is 283 g/mol. The van der Waals surface area contributed by atoms with Crippen LogP contribution in [-0.4, -0.2) is 25.8 Å². The van der Waals surface area contributed by atoms with Crippen molar-refractivity contribution in [3.8, 4) is 0 Å². The summed E-state index contributed by atoms with van der Waals surface area (Å²) in [6.07, 6.45) is 0.769. The minimum atomic E-state index is -0.744. The van der Waals surface area contributed by atoms with E-state index in [1.165, 1.54) is 14.1 Å². The Morgan fingerprint density at radius 3 is 2.10 bits per heavy atom. The molecule has 0 aromatic carbocycles. The van der Waals surface area contributed by atoms with E-state index in [1.807, 2.05) is 0 Å². The van der Waals surface area contributed by atoms with Gasteiger partial charge in [-0.15, -0.1) is 0 Å². The molecule has 0 fully saturated rings. The van der Waals surface area contributed by atoms with E-state index < -0.39 is 29.1 Å². The largest absolute Gasteiger partial charge is 0.457 e. The molecule has 1 rings (SSSR count). The molecule has 0 aliphatic heterocycles. The van der Waals surface area contributed by atoms with Gasteiger partial charge in [-0.1, -0.05) is 13.5 Å². The Kier molecular flexibility index (Phi) is 4.84. The highest BCUT2D eigenvalue weighted by molar-refractivity contribution is 5.81. The molecule has 20 heavy (non-hydrogen) atoms. The molecule has 0 saturated carbocycles. The third-order valence-corrected chi connectivity index (χ3v) is 2.90. The predicted octanol–water partition coefficient (Wildman–Crippen LogP) is -1.25. The Labute approximate surface area is 114 Å². The second kappa shape index (κ2) is 6.18. The Morgan fingerprint density at radius 2 is 1.70 bits per heavy atom. The average Bonchev–Trinajstić information content (AvgIpc) is 2.45. The third kappa shape index (κ3) is 2.95. The molecule has 0 aliphatic carbocycles. The molecule has 1 aromatic heterocycles. The van der Waals surface area contributed by atoms with E-state index in [0.717, 1.165) is 19.8 Å². The summed E-state index contributed by atoms with van der Waals surface area (Å²) < 4.78 is 7.53. The molecule has 0 saturated heterocycles. The van der Waals surface area contributed by atoms with Crippen molar-refractivity contribution in [1.82, 2.24) is 13.7 Å². The molecule has 1 aromatic rings. The van der Waals surface area contributed by atoms with Crippen LogP contribution in [0.1, 0.15) is 13.3 Å². The maximum atomic E-state index is 11.9. The van der Waals surface area contributed by atoms with Crippen LogP contribution < -0.4 is 17.1 Å². The lowest BCUT2D eigenvalue weighted by Gasteiger charge is -2.16. The van der Waals surface area contributed by atoms with Crippen LogP contribution in [0.25, 0.3) is 0 Å². The molecule has 0 radical (unpaired) electrons. The van der Waals surface area contributed by atoms with E-state index in [2.05, 4.69) is 6.58 Å². The predicted molar refractivity (Wildman–Crippen MR) is 71.6 cm³/mol. The SMILES string of the molecule is C=CC(=O)OC(CC)Cn1c(=O)n(C)c(=O)n(C)c1=O. The van der Waals surface area contributed by atoms with Gasteiger partial charge in [0.1, 0.15) is 6.10 Å². The molecule has 1 unspecified atom stereocenters. The normalized spacial score (nSPS) is 11.9. The van der Waals surface area contributed by atoms with Gasteiger partial charge in [0.15, 0.2) is 0 Å². The van der Waals surface area contributed by atoms with Crippen molar-refractivity contribution in [3.63, 3.8) is 0 Å². The molecule has 8 heteroatoms. The van der Waals surface area contributed by atoms with Gasteiger partial charge >= 0.3 is 23.0 Å². The summed E-state index contributed by atoms with van der Waals surface area (Å²) in [5, 5.41) is 0. The summed E-state index contributed by atoms with van der Waals surface area (Å²) in [6.45, 7) is 4.91. The molecule has 0 amide bonds. The molecule has 0 N–H and O–H groups in total. The second-order valence-corrected chi connectivity index (χ2v) is 4.25. The number of hydrogen-bond acceptors (Lipinski definition) is 5. The highest BCUT2D eigenvalue weighted by Crippen LogP contribution is 2.00. The van der Waals surface area contributed by atoms with Gasteiger partial charge in [0, 0.05) is 20.2 Å². The smallest absolute Gasteiger partial charge is 0.336 e. The van der Waals surface area contributed by atoms with Crippen molar-refractivity contribution in [2.75, 3.05) is 0 Å². The van der Waals surface area contributed by atoms with Crippen LogP contribution in [0.3, 0.4) is 0 Å². The fourth-order valence-electron chi connectivity index (χ4n) is 1.65. The molecule has 0 spiro atoms. The van der Waals surface area contributed by atoms with Crippen molar-refractivity contribution in [2.45, 2.75) is 26.0 Å². The van der Waals surface area contributed by atoms with E-state index in [4.69, 9.17) is 4.74 Å². The first-order valence-electron chi connectivity index (χ1n) is 6.03. The topological polar surface area (TPSA) is 92.3 Å². The Balaban J connectivity index is 3.25. The van der Waals surface area contributed by atoms with Gasteiger partial charge in [-0.2, -0.15) is 0 Å². The fourth-order valence-corrected chi connectivity index (χ4v) is 1.65. The summed E-state index contributed by atoms with van der Waals surface area (Å²) in [5.74, 6) is -0.633. The van der Waals surface area contributed by atoms with Gasteiger partial charge in [0.2, 0.25) is 0 Å². The van der Waals surface area contributed by atoms with Crippen LogP contribution in [0.5, 0.6) is 0 Å². The zero-order chi connectivity index (χ0) is 15.4. The summed E-state index contributed by atoms with van der Waals surface area (Å²) in [7, 11) is 2.55. The second-order valence-electron chi connectivity index (χ2n) is 4.25. The van der Waals surface area contributed by atoms with Crippen molar-refractivity contribution in [2.24, 2.45) is 14.1 Å². The molecule has 1 heterocycles. The van der Waals surface area contributed by atoms with Crippen LogP contribution in [0.4, 0.5) is 0 Å². The van der Waals surface area contributed by atoms with Gasteiger partial charge in [-0.05, 0) is 6.42 Å². The van der Waals surface area contributed by atoms with Crippen LogP contribution in [-0.2, 0) is 30.2 Å². The van der Waals surface area contributed by atoms with Crippen molar-refractivity contribution < 1.29 is 9.53 Å². The molecular formula is C12H17N3O5. The summed E-state index contributed by atoms with van der Waals surface area (Å²) in [4.78, 5) is 46.6. The van der Waals surface area contributed by atoms with Crippen molar-refractivity contribution in [3.05, 3.63) is 44.1 Å². The number of ether oxygens (including phenoxy) is 1. The minimum absolute atomic E-state index is 0.115. The number of hydrogen-bond donors (Lipinski definition) is 0. The standard InChI is InChI=1S/C12H17N3O5/c1-5-8(20-9(16)6-2)7-15-11(18)13(3)10(17)14(4)12(15)19/h6,8H,2,5,7H2,1,3-4H3. The Morgan fingerprint density at radius 1 is 1.20 bits per heavy atom. The van der Waals surface area contributed by atoms with Crippen LogP contribution in [0.15, 0.2) is 27.0 Å². The van der Waals surface area contributed by atoms with Crippen LogP contribution in [0.2, 0.25) is 0 Å². The van der Waals surface area contributed by atoms with E-state index >= 15 is 0 Å². The monoisotopic (exact) mass is 283 g/mol. The summed E-state index contributed by atoms with van der Waals surface area (Å²) >= 11 is 0. The van der Waals surface area contributed by atoms with E-state index in [9.17, 15) is 19.2 Å². The maximum Gasteiger partial charge on any atom is 0.336 e. The lowest BCUT2D eigenvalue weighted by Crippen LogP contribution is -2.53. The van der Waals surface area contributed by atoms with Gasteiger partial charge in [-0.3, -0.25) is 0 Å². The van der Waals surface area contributed by atoms with Gasteiger partial charge in [0.25, 0.3) is 0 Å². The van der Waals surface area contributed by atoms with Gasteiger partial charge in [-0.25, -0.2) is 32.9 Å². The fraction of sp³-hybridized carbons (Fsp3) is 0.500. The summed E-state index contributed by atoms with van der Waals surface area (Å²) in [5.41, 5.74) is -2.19. The first-order chi connectivity index (χ1) is 9.33. The molecule has 0 aliphatic rings. The van der Waals surface area contributed by atoms with Crippen molar-refractivity contribution in [1.29, 1.82) is 0 Å². The van der Waals surface area contributed by atoms with Crippen LogP contribution in [0, 0.1) is 0 Å². The van der Waals surface area contributed by atoms with E-state index in [1.54, 1.807) is 6.92 Å². The molecule has 1 atom stereocenters. The zero-order valence-corrected chi connectivity index (χ0v) is 11.7. The number of esters is 1. The van der Waals surface area contributed by atoms with Crippen molar-refractivity contribution >= 4 is 5.97 Å². The first-order valence-corrected chi connectivity index (χ1v) is 6.03. The minimum Gasteiger partial charge on any atom is -0.457 e. The Bertz CT molecular complexity index is 654. The highest BCUT2D eigenvalue weighted by atomic mass is 16.5. The number of rotatable bonds is 5. The number of aromatic nitrogens is 3. The highest BCUT2D eigenvalue weighted by Gasteiger charge is 2.17. The first kappa shape index (κ1) is 15.7. The lowest BCUT2D eigenvalue weighted by atomic mass is 10.3. The lowest BCUT2D eigenvalue weighted by molar-refractivity contribution is -0.143. The number of carbonyl (C=O) groups is 1. The van der Waals surface area contributed by atoms with Gasteiger partial charge in [0.05, 0.1) is 6.54 Å². The van der Waals surface area contributed by atoms with Gasteiger partial charge < -0.3 is 4.74 Å². The zero-order valence-electron chi connectivity index (χ0n) is 11.7. The van der Waals surface area contributed by atoms with E-state index in [0.29, 0.717) is 6.42 Å². The Hall–Kier alpha value is -2.38. The maximum absolute atomic E-state index is 11.9.